The summed E-state index contributed by atoms with van der Waals surface area (Å²) in [5.41, 5.74) is 2.58. The van der Waals surface area contributed by atoms with Gasteiger partial charge in [0.05, 0.1) is 20.1 Å². The Kier molecular flexibility index (Phi) is 7.25. The van der Waals surface area contributed by atoms with Gasteiger partial charge < -0.3 is 9.38 Å². The summed E-state index contributed by atoms with van der Waals surface area (Å²) in [6, 6.07) is 8.42. The number of amides is 2. The van der Waals surface area contributed by atoms with E-state index in [0.717, 1.165) is 36.3 Å². The fourth-order valence-corrected chi connectivity index (χ4v) is 5.45. The van der Waals surface area contributed by atoms with Gasteiger partial charge in [-0.1, -0.05) is 32.9 Å². The average Bonchev–Trinajstić information content (AvgIpc) is 2.69. The number of carbonyl (C=O) groups excluding carboxylic acids is 1. The Labute approximate surface area is 184 Å². The van der Waals surface area contributed by atoms with Gasteiger partial charge >= 0.3 is 6.03 Å². The highest BCUT2D eigenvalue weighted by Gasteiger charge is 2.30. The highest BCUT2D eigenvalue weighted by atomic mass is 32.2. The van der Waals surface area contributed by atoms with Crippen LogP contribution in [0.15, 0.2) is 24.3 Å². The predicted molar refractivity (Wildman–Crippen MR) is 125 cm³/mol. The molecule has 2 fully saturated rings. The van der Waals surface area contributed by atoms with Gasteiger partial charge in [-0.3, -0.25) is 14.0 Å². The fraction of sp³-hybridized carbons (Fsp3) is 0.696. The molecule has 30 heavy (non-hydrogen) atoms. The minimum absolute atomic E-state index is 0.00610. The van der Waals surface area contributed by atoms with Crippen LogP contribution in [0.2, 0.25) is 0 Å². The van der Waals surface area contributed by atoms with E-state index >= 15 is 0 Å². The molecule has 1 aromatic carbocycles. The van der Waals surface area contributed by atoms with Gasteiger partial charge in [0.25, 0.3) is 0 Å². The topological polar surface area (TPSA) is 43.9 Å². The van der Waals surface area contributed by atoms with E-state index in [4.69, 9.17) is 0 Å². The lowest BCUT2D eigenvalue weighted by atomic mass is 9.95. The van der Waals surface area contributed by atoms with Crippen molar-refractivity contribution in [3.63, 3.8) is 0 Å². The molecule has 3 rings (SSSR count). The van der Waals surface area contributed by atoms with Crippen LogP contribution in [0.25, 0.3) is 0 Å². The van der Waals surface area contributed by atoms with Gasteiger partial charge in [-0.05, 0) is 17.5 Å². The van der Waals surface area contributed by atoms with Crippen LogP contribution in [0.5, 0.6) is 0 Å². The third-order valence-corrected chi connectivity index (χ3v) is 7.51. The average molecular weight is 436 g/mol. The van der Waals surface area contributed by atoms with E-state index in [-0.39, 0.29) is 6.03 Å². The number of carbonyl (C=O) groups is 1. The molecular formula is C23H39N4O2S+. The van der Waals surface area contributed by atoms with Crippen LogP contribution in [0, 0.1) is 5.41 Å². The first-order valence-corrected chi connectivity index (χ1v) is 12.6. The summed E-state index contributed by atoms with van der Waals surface area (Å²) in [5.74, 6) is 1.17. The largest absolute Gasteiger partial charge is 0.324 e. The summed E-state index contributed by atoms with van der Waals surface area (Å²) in [6.07, 6.45) is 0. The Bertz CT molecular complexity index is 741. The summed E-state index contributed by atoms with van der Waals surface area (Å²) in [7, 11) is 3.41. The number of hydrogen-bond acceptors (Lipinski definition) is 3. The summed E-state index contributed by atoms with van der Waals surface area (Å²) in [6.45, 7) is 14.9. The van der Waals surface area contributed by atoms with Crippen LogP contribution in [0.4, 0.5) is 10.5 Å². The molecule has 0 aromatic heterocycles. The maximum Gasteiger partial charge on any atom is 0.324 e. The second-order valence-electron chi connectivity index (χ2n) is 10.4. The number of piperazine rings is 1. The standard InChI is InChI=1S/C23H39N4O2S/c1-23(2,3)19-25-10-14-27(5,15-11-25)18-20-6-8-21(9-7-20)24(4)22(28)26-12-16-30(29)17-13-26/h6-9H,10-19H2,1-5H3/q+1. The summed E-state index contributed by atoms with van der Waals surface area (Å²) < 4.78 is 12.6. The highest BCUT2D eigenvalue weighted by Crippen LogP contribution is 2.22. The zero-order valence-electron chi connectivity index (χ0n) is 19.4. The zero-order valence-corrected chi connectivity index (χ0v) is 20.2. The molecular weight excluding hydrogens is 396 g/mol. The van der Waals surface area contributed by atoms with Gasteiger partial charge in [-0.15, -0.1) is 0 Å². The van der Waals surface area contributed by atoms with Crippen molar-refractivity contribution in [1.82, 2.24) is 9.80 Å². The Hall–Kier alpha value is -1.44. The number of anilines is 1. The Morgan fingerprint density at radius 2 is 1.63 bits per heavy atom. The molecule has 168 valence electrons. The molecule has 0 unspecified atom stereocenters. The molecule has 0 atom stereocenters. The normalized spacial score (nSPS) is 20.9. The van der Waals surface area contributed by atoms with E-state index in [0.29, 0.717) is 30.0 Å². The first-order chi connectivity index (χ1) is 14.0. The van der Waals surface area contributed by atoms with Crippen LogP contribution in [0.3, 0.4) is 0 Å². The molecule has 0 N–H and O–H groups in total. The zero-order chi connectivity index (χ0) is 21.9. The molecule has 2 heterocycles. The van der Waals surface area contributed by atoms with Crippen LogP contribution >= 0.6 is 0 Å². The fourth-order valence-electron chi connectivity index (χ4n) is 4.39. The van der Waals surface area contributed by atoms with Crippen molar-refractivity contribution in [2.45, 2.75) is 27.3 Å². The van der Waals surface area contributed by atoms with Crippen molar-refractivity contribution < 1.29 is 13.5 Å². The third-order valence-electron chi connectivity index (χ3n) is 6.23. The van der Waals surface area contributed by atoms with Crippen LogP contribution in [-0.4, -0.2) is 95.9 Å². The van der Waals surface area contributed by atoms with Crippen LogP contribution in [0.1, 0.15) is 26.3 Å². The second-order valence-corrected chi connectivity index (χ2v) is 12.1. The van der Waals surface area contributed by atoms with Crippen molar-refractivity contribution in [3.8, 4) is 0 Å². The smallest absolute Gasteiger partial charge is 0.323 e. The van der Waals surface area contributed by atoms with Gasteiger partial charge in [0, 0.05) is 73.3 Å². The molecule has 2 aliphatic heterocycles. The number of benzene rings is 1. The van der Waals surface area contributed by atoms with E-state index < -0.39 is 10.8 Å². The lowest BCUT2D eigenvalue weighted by Gasteiger charge is -2.43. The maximum atomic E-state index is 12.7. The number of rotatable bonds is 4. The molecule has 2 saturated heterocycles. The van der Waals surface area contributed by atoms with Crippen molar-refractivity contribution in [3.05, 3.63) is 29.8 Å². The van der Waals surface area contributed by atoms with Crippen LogP contribution in [-0.2, 0) is 17.3 Å². The molecule has 0 bridgehead atoms. The quantitative estimate of drug-likeness (QED) is 0.683. The van der Waals surface area contributed by atoms with Crippen LogP contribution < -0.4 is 4.90 Å². The molecule has 2 aliphatic rings. The lowest BCUT2D eigenvalue weighted by molar-refractivity contribution is -0.926. The number of hydrogen-bond donors (Lipinski definition) is 0. The number of nitrogens with zero attached hydrogens (tertiary/aromatic N) is 4. The predicted octanol–water partition coefficient (Wildman–Crippen LogP) is 2.62. The molecule has 0 radical (unpaired) electrons. The van der Waals surface area contributed by atoms with E-state index in [1.54, 1.807) is 9.80 Å². The minimum Gasteiger partial charge on any atom is -0.323 e. The van der Waals surface area contributed by atoms with E-state index in [1.807, 2.05) is 7.05 Å². The highest BCUT2D eigenvalue weighted by molar-refractivity contribution is 7.85. The van der Waals surface area contributed by atoms with Crippen molar-refractivity contribution in [2.75, 3.05) is 76.3 Å². The van der Waals surface area contributed by atoms with Gasteiger partial charge in [-0.2, -0.15) is 0 Å². The van der Waals surface area contributed by atoms with Crippen molar-refractivity contribution in [1.29, 1.82) is 0 Å². The molecule has 1 aromatic rings. The SMILES string of the molecule is CN(C(=O)N1CCS(=O)CC1)c1ccc(C[N+]2(C)CCN(CC(C)(C)C)CC2)cc1. The Morgan fingerprint density at radius 3 is 2.17 bits per heavy atom. The van der Waals surface area contributed by atoms with E-state index in [2.05, 4.69) is 57.0 Å². The summed E-state index contributed by atoms with van der Waals surface area (Å²) >= 11 is 0. The van der Waals surface area contributed by atoms with Gasteiger partial charge in [0.15, 0.2) is 0 Å². The number of likely N-dealkylation sites (N-methyl/N-ethyl adjacent to an activating group) is 1. The molecule has 6 nitrogen and oxygen atoms in total. The minimum atomic E-state index is -0.771. The second kappa shape index (κ2) is 9.37. The third kappa shape index (κ3) is 6.28. The first kappa shape index (κ1) is 23.2. The van der Waals surface area contributed by atoms with E-state index in [1.165, 1.54) is 18.7 Å². The van der Waals surface area contributed by atoms with Crippen molar-refractivity contribution in [2.24, 2.45) is 5.41 Å². The molecule has 0 aliphatic carbocycles. The van der Waals surface area contributed by atoms with E-state index in [9.17, 15) is 9.00 Å². The van der Waals surface area contributed by atoms with Crippen molar-refractivity contribution >= 4 is 22.5 Å². The first-order valence-electron chi connectivity index (χ1n) is 11.1. The van der Waals surface area contributed by atoms with Gasteiger partial charge in [0.2, 0.25) is 0 Å². The molecule has 2 amide bonds. The molecule has 0 saturated carbocycles. The monoisotopic (exact) mass is 435 g/mol. The number of urea groups is 1. The lowest BCUT2D eigenvalue weighted by Crippen LogP contribution is -2.57. The number of quaternary nitrogens is 1. The maximum absolute atomic E-state index is 12.7. The molecule has 7 heteroatoms. The Morgan fingerprint density at radius 1 is 1.07 bits per heavy atom. The van der Waals surface area contributed by atoms with Gasteiger partial charge in [-0.25, -0.2) is 4.79 Å². The summed E-state index contributed by atoms with van der Waals surface area (Å²) in [4.78, 5) is 18.8. The molecule has 0 spiro atoms. The summed E-state index contributed by atoms with van der Waals surface area (Å²) in [5, 5.41) is 0. The Balaban J connectivity index is 1.54. The van der Waals surface area contributed by atoms with Gasteiger partial charge in [0.1, 0.15) is 6.54 Å².